The zero-order valence-corrected chi connectivity index (χ0v) is 19.0. The summed E-state index contributed by atoms with van der Waals surface area (Å²) >= 11 is 0. The van der Waals surface area contributed by atoms with Crippen molar-refractivity contribution in [2.75, 3.05) is 19.8 Å². The first-order chi connectivity index (χ1) is 14.6. The van der Waals surface area contributed by atoms with Crippen molar-refractivity contribution < 1.29 is 33.3 Å². The molecule has 0 radical (unpaired) electrons. The lowest BCUT2D eigenvalue weighted by Gasteiger charge is -2.34. The highest BCUT2D eigenvalue weighted by Gasteiger charge is 2.55. The van der Waals surface area contributed by atoms with Crippen molar-refractivity contribution >= 4 is 17.9 Å². The van der Waals surface area contributed by atoms with Gasteiger partial charge in [0.2, 0.25) is 0 Å². The number of hydrogen-bond acceptors (Lipinski definition) is 9. The van der Waals surface area contributed by atoms with Gasteiger partial charge in [-0.2, -0.15) is 0 Å². The highest BCUT2D eigenvalue weighted by molar-refractivity contribution is 6.04. The third kappa shape index (κ3) is 8.26. The van der Waals surface area contributed by atoms with Crippen LogP contribution in [0.15, 0.2) is 24.5 Å². The molecule has 0 fully saturated rings. The Bertz CT molecular complexity index is 698. The molecule has 0 aliphatic rings. The molecule has 1 aromatic heterocycles. The van der Waals surface area contributed by atoms with Gasteiger partial charge in [-0.05, 0) is 59.1 Å². The van der Waals surface area contributed by atoms with Gasteiger partial charge in [-0.25, -0.2) is 9.59 Å². The van der Waals surface area contributed by atoms with Crippen LogP contribution < -0.4 is 5.73 Å². The number of hydrogen-bond donors (Lipinski definition) is 1. The number of pyridine rings is 1. The van der Waals surface area contributed by atoms with Crippen molar-refractivity contribution in [3.8, 4) is 0 Å². The fourth-order valence-corrected chi connectivity index (χ4v) is 2.83. The van der Waals surface area contributed by atoms with Crippen LogP contribution in [0.5, 0.6) is 0 Å². The van der Waals surface area contributed by atoms with Crippen molar-refractivity contribution in [1.82, 2.24) is 4.98 Å². The third-order valence-electron chi connectivity index (χ3n) is 4.20. The maximum atomic E-state index is 12.9. The van der Waals surface area contributed by atoms with E-state index in [0.717, 1.165) is 5.56 Å². The molecular weight excluding hydrogens is 404 g/mol. The van der Waals surface area contributed by atoms with Gasteiger partial charge in [0.1, 0.15) is 5.60 Å². The van der Waals surface area contributed by atoms with E-state index in [9.17, 15) is 14.4 Å². The first-order valence-electron chi connectivity index (χ1n) is 10.4. The fraction of sp³-hybridized carbons (Fsp3) is 0.636. The molecule has 0 aromatic carbocycles. The molecule has 0 saturated heterocycles. The van der Waals surface area contributed by atoms with Gasteiger partial charge in [0.05, 0.1) is 25.9 Å². The predicted molar refractivity (Wildman–Crippen MR) is 113 cm³/mol. The van der Waals surface area contributed by atoms with Gasteiger partial charge in [-0.1, -0.05) is 6.07 Å². The summed E-state index contributed by atoms with van der Waals surface area (Å²) in [5.41, 5.74) is 4.25. The molecule has 9 nitrogen and oxygen atoms in total. The van der Waals surface area contributed by atoms with Crippen LogP contribution in [0.25, 0.3) is 0 Å². The Labute approximate surface area is 183 Å². The molecule has 174 valence electrons. The Morgan fingerprint density at radius 2 is 1.71 bits per heavy atom. The summed E-state index contributed by atoms with van der Waals surface area (Å²) in [6.45, 7) is 8.47. The van der Waals surface area contributed by atoms with Gasteiger partial charge in [-0.3, -0.25) is 9.78 Å². The summed E-state index contributed by atoms with van der Waals surface area (Å²) in [6.07, 6.45) is 3.53. The van der Waals surface area contributed by atoms with E-state index < -0.39 is 35.2 Å². The molecule has 0 aliphatic heterocycles. The van der Waals surface area contributed by atoms with E-state index in [0.29, 0.717) is 6.42 Å². The molecule has 0 bridgehead atoms. The van der Waals surface area contributed by atoms with Crippen LogP contribution in [0.2, 0.25) is 0 Å². The van der Waals surface area contributed by atoms with Crippen LogP contribution in [0.1, 0.15) is 53.0 Å². The van der Waals surface area contributed by atoms with Crippen LogP contribution in [-0.2, 0) is 39.8 Å². The Balaban J connectivity index is 3.07. The van der Waals surface area contributed by atoms with E-state index >= 15 is 0 Å². The molecular formula is C22H34N2O7. The zero-order chi connectivity index (χ0) is 23.5. The van der Waals surface area contributed by atoms with E-state index in [1.54, 1.807) is 53.1 Å². The summed E-state index contributed by atoms with van der Waals surface area (Å²) in [5.74, 6) is -2.40. The maximum absolute atomic E-state index is 12.9. The lowest BCUT2D eigenvalue weighted by molar-refractivity contribution is -0.195. The lowest BCUT2D eigenvalue weighted by Crippen LogP contribution is -2.63. The molecule has 0 saturated carbocycles. The van der Waals surface area contributed by atoms with Gasteiger partial charge >= 0.3 is 17.9 Å². The van der Waals surface area contributed by atoms with Crippen LogP contribution in [-0.4, -0.2) is 60.0 Å². The van der Waals surface area contributed by atoms with Crippen LogP contribution in [0.3, 0.4) is 0 Å². The first-order valence-corrected chi connectivity index (χ1v) is 10.4. The fourth-order valence-electron chi connectivity index (χ4n) is 2.83. The van der Waals surface area contributed by atoms with Gasteiger partial charge in [0.25, 0.3) is 5.60 Å². The molecule has 9 heteroatoms. The van der Waals surface area contributed by atoms with Crippen LogP contribution in [0, 0.1) is 0 Å². The molecule has 1 aromatic rings. The third-order valence-corrected chi connectivity index (χ3v) is 4.20. The highest BCUT2D eigenvalue weighted by atomic mass is 16.6. The van der Waals surface area contributed by atoms with Crippen LogP contribution >= 0.6 is 0 Å². The summed E-state index contributed by atoms with van der Waals surface area (Å²) < 4.78 is 21.3. The van der Waals surface area contributed by atoms with Gasteiger partial charge in [0.15, 0.2) is 0 Å². The van der Waals surface area contributed by atoms with Crippen molar-refractivity contribution in [1.29, 1.82) is 0 Å². The molecule has 0 aliphatic carbocycles. The standard InChI is InChI=1S/C22H34N2O7/c1-6-28-19(26)22(20(27)29-7-2,30-14-12-16-9-8-13-24-15-16)17(23)10-11-18(25)31-21(3,4)5/h8-9,13,15,17H,6-7,10-12,14,23H2,1-5H3. The number of nitrogens with zero attached hydrogens (tertiary/aromatic N) is 1. The minimum Gasteiger partial charge on any atom is -0.463 e. The number of carbonyl (C=O) groups is 3. The maximum Gasteiger partial charge on any atom is 0.352 e. The number of esters is 3. The quantitative estimate of drug-likeness (QED) is 0.296. The largest absolute Gasteiger partial charge is 0.463 e. The topological polar surface area (TPSA) is 127 Å². The number of ether oxygens (including phenoxy) is 4. The molecule has 0 amide bonds. The van der Waals surface area contributed by atoms with Crippen molar-refractivity contribution in [2.45, 2.75) is 71.1 Å². The monoisotopic (exact) mass is 438 g/mol. The molecule has 31 heavy (non-hydrogen) atoms. The van der Waals surface area contributed by atoms with Crippen molar-refractivity contribution in [3.63, 3.8) is 0 Å². The van der Waals surface area contributed by atoms with Crippen molar-refractivity contribution in [3.05, 3.63) is 30.1 Å². The molecule has 2 N–H and O–H groups in total. The molecule has 1 heterocycles. The molecule has 1 rings (SSSR count). The van der Waals surface area contributed by atoms with E-state index in [-0.39, 0.29) is 32.7 Å². The Kier molecular flexibility index (Phi) is 10.6. The van der Waals surface area contributed by atoms with E-state index in [4.69, 9.17) is 24.7 Å². The van der Waals surface area contributed by atoms with Gasteiger partial charge < -0.3 is 24.7 Å². The molecule has 1 unspecified atom stereocenters. The summed E-state index contributed by atoms with van der Waals surface area (Å²) in [6, 6.07) is 2.42. The zero-order valence-electron chi connectivity index (χ0n) is 19.0. The Hall–Kier alpha value is -2.52. The summed E-state index contributed by atoms with van der Waals surface area (Å²) in [5, 5.41) is 0. The Morgan fingerprint density at radius 1 is 1.10 bits per heavy atom. The van der Waals surface area contributed by atoms with E-state index in [1.807, 2.05) is 6.07 Å². The highest BCUT2D eigenvalue weighted by Crippen LogP contribution is 2.25. The average molecular weight is 439 g/mol. The van der Waals surface area contributed by atoms with E-state index in [2.05, 4.69) is 4.98 Å². The molecule has 0 spiro atoms. The second kappa shape index (κ2) is 12.4. The van der Waals surface area contributed by atoms with Gasteiger partial charge in [0, 0.05) is 18.8 Å². The number of carbonyl (C=O) groups excluding carboxylic acids is 3. The number of rotatable bonds is 12. The van der Waals surface area contributed by atoms with Gasteiger partial charge in [-0.15, -0.1) is 0 Å². The average Bonchev–Trinajstić information content (AvgIpc) is 2.69. The first kappa shape index (κ1) is 26.5. The minimum atomic E-state index is -2.20. The normalized spacial score (nSPS) is 12.7. The SMILES string of the molecule is CCOC(=O)C(OCCc1cccnc1)(C(=O)OCC)C(N)CCC(=O)OC(C)(C)C. The molecule has 1 atom stereocenters. The summed E-state index contributed by atoms with van der Waals surface area (Å²) in [4.78, 5) is 41.9. The minimum absolute atomic E-state index is 0.0105. The second-order valence-corrected chi connectivity index (χ2v) is 7.87. The lowest BCUT2D eigenvalue weighted by atomic mass is 9.90. The summed E-state index contributed by atoms with van der Waals surface area (Å²) in [7, 11) is 0. The number of aromatic nitrogens is 1. The number of nitrogens with two attached hydrogens (primary N) is 1. The second-order valence-electron chi connectivity index (χ2n) is 7.87. The van der Waals surface area contributed by atoms with E-state index in [1.165, 1.54) is 0 Å². The van der Waals surface area contributed by atoms with Crippen LogP contribution in [0.4, 0.5) is 0 Å². The van der Waals surface area contributed by atoms with Crippen molar-refractivity contribution in [2.24, 2.45) is 5.73 Å². The smallest absolute Gasteiger partial charge is 0.352 e. The Morgan fingerprint density at radius 3 is 2.19 bits per heavy atom. The predicted octanol–water partition coefficient (Wildman–Crippen LogP) is 1.95.